The van der Waals surface area contributed by atoms with Gasteiger partial charge in [-0.25, -0.2) is 4.79 Å². The number of hydrogen-bond donors (Lipinski definition) is 4. The van der Waals surface area contributed by atoms with Crippen molar-refractivity contribution in [3.63, 3.8) is 0 Å². The first kappa shape index (κ1) is 23.5. The highest BCUT2D eigenvalue weighted by Gasteiger charge is 2.29. The Morgan fingerprint density at radius 3 is 2.06 bits per heavy atom. The number of rotatable bonds is 9. The molecule has 7 heteroatoms. The highest BCUT2D eigenvalue weighted by molar-refractivity contribution is 5.79. The van der Waals surface area contributed by atoms with Crippen LogP contribution in [0, 0.1) is 0 Å². The number of amides is 1. The van der Waals surface area contributed by atoms with Gasteiger partial charge in [-0.1, -0.05) is 72.8 Å². The largest absolute Gasteiger partial charge is 0.481 e. The van der Waals surface area contributed by atoms with Crippen molar-refractivity contribution in [1.29, 1.82) is 0 Å². The van der Waals surface area contributed by atoms with Crippen LogP contribution in [-0.2, 0) is 16.0 Å². The Morgan fingerprint density at radius 1 is 0.882 bits per heavy atom. The molecule has 0 heterocycles. The summed E-state index contributed by atoms with van der Waals surface area (Å²) in [6, 6.07) is 22.8. The number of aryl methyl sites for hydroxylation is 1. The van der Waals surface area contributed by atoms with Gasteiger partial charge in [-0.2, -0.15) is 0 Å². The van der Waals surface area contributed by atoms with E-state index < -0.39 is 24.3 Å². The number of aliphatic hydroxyl groups excluding tert-OH is 2. The third-order valence-electron chi connectivity index (χ3n) is 6.11. The molecule has 1 aliphatic carbocycles. The number of aliphatic carboxylic acids is 1. The second-order valence-electron chi connectivity index (χ2n) is 8.35. The molecule has 4 N–H and O–H groups in total. The molecule has 34 heavy (non-hydrogen) atoms. The summed E-state index contributed by atoms with van der Waals surface area (Å²) in [7, 11) is 0. The molecule has 4 rings (SSSR count). The Morgan fingerprint density at radius 2 is 1.47 bits per heavy atom. The van der Waals surface area contributed by atoms with E-state index in [0.29, 0.717) is 12.0 Å². The summed E-state index contributed by atoms with van der Waals surface area (Å²) in [6.07, 6.45) is -2.70. The van der Waals surface area contributed by atoms with Crippen LogP contribution in [0.2, 0.25) is 0 Å². The van der Waals surface area contributed by atoms with Crippen molar-refractivity contribution < 1.29 is 29.6 Å². The fraction of sp³-hybridized carbons (Fsp3) is 0.259. The molecule has 2 unspecified atom stereocenters. The van der Waals surface area contributed by atoms with Crippen molar-refractivity contribution in [3.05, 3.63) is 95.1 Å². The van der Waals surface area contributed by atoms with Gasteiger partial charge >= 0.3 is 12.1 Å². The number of aliphatic hydroxyl groups is 2. The van der Waals surface area contributed by atoms with Gasteiger partial charge in [0.1, 0.15) is 18.8 Å². The first-order chi connectivity index (χ1) is 16.4. The summed E-state index contributed by atoms with van der Waals surface area (Å²) in [4.78, 5) is 23.0. The van der Waals surface area contributed by atoms with Crippen LogP contribution in [0.5, 0.6) is 0 Å². The van der Waals surface area contributed by atoms with E-state index in [2.05, 4.69) is 17.4 Å². The molecule has 0 spiro atoms. The first-order valence-electron chi connectivity index (χ1n) is 11.2. The average Bonchev–Trinajstić information content (AvgIpc) is 3.18. The normalized spacial score (nSPS) is 14.1. The molecule has 7 nitrogen and oxygen atoms in total. The molecule has 0 saturated carbocycles. The molecule has 0 aliphatic heterocycles. The molecule has 1 amide bonds. The number of benzene rings is 3. The fourth-order valence-corrected chi connectivity index (χ4v) is 4.30. The van der Waals surface area contributed by atoms with Gasteiger partial charge < -0.3 is 25.4 Å². The molecule has 0 fully saturated rings. The van der Waals surface area contributed by atoms with Crippen LogP contribution < -0.4 is 5.32 Å². The fourth-order valence-electron chi connectivity index (χ4n) is 4.30. The van der Waals surface area contributed by atoms with Gasteiger partial charge in [0.15, 0.2) is 0 Å². The van der Waals surface area contributed by atoms with E-state index in [1.54, 1.807) is 24.3 Å². The maximum absolute atomic E-state index is 12.3. The quantitative estimate of drug-likeness (QED) is 0.387. The summed E-state index contributed by atoms with van der Waals surface area (Å²) in [5.74, 6) is -0.938. The summed E-state index contributed by atoms with van der Waals surface area (Å²) in [5, 5.41) is 32.0. The summed E-state index contributed by atoms with van der Waals surface area (Å²) < 4.78 is 5.45. The molecule has 3 aromatic carbocycles. The zero-order chi connectivity index (χ0) is 24.1. The second kappa shape index (κ2) is 10.5. The topological polar surface area (TPSA) is 116 Å². The van der Waals surface area contributed by atoms with E-state index in [0.717, 1.165) is 27.8 Å². The molecular weight excluding hydrogens is 434 g/mol. The number of carboxylic acid groups (broad SMARTS) is 1. The Bertz CT molecular complexity index is 1110. The molecule has 0 bridgehead atoms. The van der Waals surface area contributed by atoms with Gasteiger partial charge in [-0.15, -0.1) is 0 Å². The highest BCUT2D eigenvalue weighted by Crippen LogP contribution is 2.44. The van der Waals surface area contributed by atoms with E-state index in [1.807, 2.05) is 36.4 Å². The molecule has 2 atom stereocenters. The monoisotopic (exact) mass is 461 g/mol. The smallest absolute Gasteiger partial charge is 0.407 e. The number of ether oxygens (including phenoxy) is 1. The average molecular weight is 462 g/mol. The third kappa shape index (κ3) is 5.27. The van der Waals surface area contributed by atoms with Crippen LogP contribution in [0.4, 0.5) is 4.79 Å². The molecule has 176 valence electrons. The lowest BCUT2D eigenvalue weighted by molar-refractivity contribution is -0.136. The number of nitrogens with one attached hydrogen (secondary N) is 1. The molecule has 0 radical (unpaired) electrons. The van der Waals surface area contributed by atoms with E-state index in [1.165, 1.54) is 0 Å². The van der Waals surface area contributed by atoms with Gasteiger partial charge in [0, 0.05) is 18.9 Å². The lowest BCUT2D eigenvalue weighted by Gasteiger charge is -2.19. The zero-order valence-electron chi connectivity index (χ0n) is 18.6. The maximum Gasteiger partial charge on any atom is 0.407 e. The minimum absolute atomic E-state index is 0.0224. The van der Waals surface area contributed by atoms with Crippen molar-refractivity contribution in [2.24, 2.45) is 0 Å². The van der Waals surface area contributed by atoms with Gasteiger partial charge in [0.2, 0.25) is 0 Å². The molecular formula is C27H27NO6. The summed E-state index contributed by atoms with van der Waals surface area (Å²) in [6.45, 7) is -0.0189. The maximum atomic E-state index is 12.3. The van der Waals surface area contributed by atoms with Crippen LogP contribution in [-0.4, -0.2) is 46.6 Å². The Hall–Kier alpha value is -3.68. The molecule has 0 aromatic heterocycles. The van der Waals surface area contributed by atoms with Gasteiger partial charge in [0.05, 0.1) is 0 Å². The number of alkyl carbamates (subject to hydrolysis) is 1. The minimum Gasteiger partial charge on any atom is -0.481 e. The van der Waals surface area contributed by atoms with Crippen molar-refractivity contribution in [1.82, 2.24) is 5.32 Å². The lowest BCUT2D eigenvalue weighted by Crippen LogP contribution is -2.36. The number of fused-ring (bicyclic) bond motifs is 3. The Balaban J connectivity index is 1.28. The molecule has 3 aromatic rings. The van der Waals surface area contributed by atoms with E-state index >= 15 is 0 Å². The SMILES string of the molecule is O=C(O)CCc1ccc(C(O)C(O)CNC(=O)OCC2c3ccccc3-c3ccccc32)cc1. The highest BCUT2D eigenvalue weighted by atomic mass is 16.5. The second-order valence-corrected chi connectivity index (χ2v) is 8.35. The number of carbonyl (C=O) groups is 2. The van der Waals surface area contributed by atoms with Crippen molar-refractivity contribution in [2.45, 2.75) is 31.0 Å². The third-order valence-corrected chi connectivity index (χ3v) is 6.11. The van der Waals surface area contributed by atoms with Crippen molar-refractivity contribution in [2.75, 3.05) is 13.2 Å². The first-order valence-corrected chi connectivity index (χ1v) is 11.2. The summed E-state index contributed by atoms with van der Waals surface area (Å²) in [5.41, 5.74) is 5.79. The summed E-state index contributed by atoms with van der Waals surface area (Å²) >= 11 is 0. The standard InChI is InChI=1S/C27H27NO6/c29-24(26(32)18-12-9-17(10-13-18)11-14-25(30)31)15-28-27(33)34-16-23-21-7-3-1-5-19(21)20-6-2-4-8-22(20)23/h1-10,12-13,23-24,26,29,32H,11,14-16H2,(H,28,33)(H,30,31). The van der Waals surface area contributed by atoms with Gasteiger partial charge in [-0.3, -0.25) is 4.79 Å². The number of carboxylic acids is 1. The van der Waals surface area contributed by atoms with Gasteiger partial charge in [-0.05, 0) is 39.8 Å². The van der Waals surface area contributed by atoms with Gasteiger partial charge in [0.25, 0.3) is 0 Å². The van der Waals surface area contributed by atoms with Crippen LogP contribution in [0.25, 0.3) is 11.1 Å². The van der Waals surface area contributed by atoms with E-state index in [4.69, 9.17) is 9.84 Å². The predicted octanol–water partition coefficient (Wildman–Crippen LogP) is 3.64. The van der Waals surface area contributed by atoms with Crippen LogP contribution >= 0.6 is 0 Å². The van der Waals surface area contributed by atoms with Crippen LogP contribution in [0.15, 0.2) is 72.8 Å². The van der Waals surface area contributed by atoms with E-state index in [-0.39, 0.29) is 25.5 Å². The molecule has 1 aliphatic rings. The zero-order valence-corrected chi connectivity index (χ0v) is 18.6. The lowest BCUT2D eigenvalue weighted by atomic mass is 9.98. The van der Waals surface area contributed by atoms with Crippen LogP contribution in [0.3, 0.4) is 0 Å². The minimum atomic E-state index is -1.23. The number of carbonyl (C=O) groups excluding carboxylic acids is 1. The molecule has 0 saturated heterocycles. The predicted molar refractivity (Wildman–Crippen MR) is 126 cm³/mol. The Kier molecular flexibility index (Phi) is 7.25. The van der Waals surface area contributed by atoms with Crippen LogP contribution in [0.1, 0.15) is 40.7 Å². The number of hydrogen-bond acceptors (Lipinski definition) is 5. The van der Waals surface area contributed by atoms with Crippen molar-refractivity contribution in [3.8, 4) is 11.1 Å². The van der Waals surface area contributed by atoms with Crippen molar-refractivity contribution >= 4 is 12.1 Å². The van der Waals surface area contributed by atoms with E-state index in [9.17, 15) is 19.8 Å². The Labute approximate surface area is 197 Å².